The van der Waals surface area contributed by atoms with Crippen LogP contribution in [0, 0.1) is 0 Å². The number of carbonyl (C=O) groups excluding carboxylic acids is 2. The molecule has 2 radical (unpaired) electrons. The van der Waals surface area contributed by atoms with Crippen molar-refractivity contribution in [2.75, 3.05) is 7.11 Å². The van der Waals surface area contributed by atoms with E-state index in [-0.39, 0.29) is 24.6 Å². The maximum absolute atomic E-state index is 11.5. The highest BCUT2D eigenvalue weighted by molar-refractivity contribution is 6.32. The van der Waals surface area contributed by atoms with Crippen LogP contribution >= 0.6 is 0 Å². The van der Waals surface area contributed by atoms with Gasteiger partial charge in [-0.1, -0.05) is 29.7 Å². The first kappa shape index (κ1) is 11.5. The number of methoxy groups -OCH3 is 1. The normalized spacial score (nSPS) is 9.67. The molecule has 76 valence electrons. The smallest absolute Gasteiger partial charge is 0.305 e. The lowest BCUT2D eigenvalue weighted by atomic mass is 9.94. The molecule has 0 aliphatic rings. The maximum atomic E-state index is 11.5. The Hall–Kier alpha value is -1.58. The minimum Gasteiger partial charge on any atom is -0.469 e. The van der Waals surface area contributed by atoms with Gasteiger partial charge in [0.15, 0.2) is 5.78 Å². The second kappa shape index (κ2) is 5.34. The molecule has 1 aromatic carbocycles. The molecule has 0 spiro atoms. The Morgan fingerprint density at radius 1 is 1.20 bits per heavy atom. The molecule has 0 heterocycles. The molecule has 1 rings (SSSR count). The zero-order chi connectivity index (χ0) is 11.3. The third-order valence-corrected chi connectivity index (χ3v) is 2.02. The second-order valence-corrected chi connectivity index (χ2v) is 3.12. The summed E-state index contributed by atoms with van der Waals surface area (Å²) in [7, 11) is 6.79. The molecule has 3 nitrogen and oxygen atoms in total. The highest BCUT2D eigenvalue weighted by Crippen LogP contribution is 2.04. The van der Waals surface area contributed by atoms with Crippen molar-refractivity contribution in [3.05, 3.63) is 29.8 Å². The summed E-state index contributed by atoms with van der Waals surface area (Å²) in [5, 5.41) is 0. The molecule has 0 saturated heterocycles. The van der Waals surface area contributed by atoms with E-state index >= 15 is 0 Å². The molecule has 0 atom stereocenters. The van der Waals surface area contributed by atoms with Crippen LogP contribution in [0.3, 0.4) is 0 Å². The molecule has 0 aliphatic carbocycles. The third kappa shape index (κ3) is 3.58. The molecule has 0 amide bonds. The van der Waals surface area contributed by atoms with Gasteiger partial charge < -0.3 is 4.74 Å². The van der Waals surface area contributed by atoms with Crippen LogP contribution in [0.1, 0.15) is 23.2 Å². The number of benzene rings is 1. The quantitative estimate of drug-likeness (QED) is 0.408. The van der Waals surface area contributed by atoms with Gasteiger partial charge in [0.1, 0.15) is 7.85 Å². The van der Waals surface area contributed by atoms with E-state index in [9.17, 15) is 9.59 Å². The van der Waals surface area contributed by atoms with Gasteiger partial charge in [-0.15, -0.1) is 0 Å². The number of Topliss-reactive ketones (excluding diaryl/α,β-unsaturated/α-hetero) is 1. The number of hydrogen-bond acceptors (Lipinski definition) is 3. The van der Waals surface area contributed by atoms with Crippen LogP contribution in [0.25, 0.3) is 0 Å². The van der Waals surface area contributed by atoms with E-state index in [0.29, 0.717) is 11.0 Å². The topological polar surface area (TPSA) is 43.4 Å². The highest BCUT2D eigenvalue weighted by atomic mass is 16.5. The molecule has 0 saturated carbocycles. The standard InChI is InChI=1S/C11H11BO3/c1-15-11(14)7-6-10(13)8-2-4-9(12)5-3-8/h2-5H,6-7H2,1H3. The molecule has 15 heavy (non-hydrogen) atoms. The van der Waals surface area contributed by atoms with Gasteiger partial charge in [-0.05, 0) is 0 Å². The van der Waals surface area contributed by atoms with Gasteiger partial charge in [-0.3, -0.25) is 9.59 Å². The van der Waals surface area contributed by atoms with Gasteiger partial charge in [0.2, 0.25) is 0 Å². The first-order chi connectivity index (χ1) is 7.13. The maximum Gasteiger partial charge on any atom is 0.305 e. The number of hydrogen-bond donors (Lipinski definition) is 0. The number of esters is 1. The zero-order valence-corrected chi connectivity index (χ0v) is 8.53. The first-order valence-electron chi connectivity index (χ1n) is 4.59. The van der Waals surface area contributed by atoms with E-state index < -0.39 is 0 Å². The summed E-state index contributed by atoms with van der Waals surface area (Å²) in [6.45, 7) is 0. The predicted molar refractivity (Wildman–Crippen MR) is 57.4 cm³/mol. The van der Waals surface area contributed by atoms with Crippen LogP contribution in [0.15, 0.2) is 24.3 Å². The molecule has 1 aromatic rings. The Kier molecular flexibility index (Phi) is 4.09. The average molecular weight is 202 g/mol. The average Bonchev–Trinajstić information content (AvgIpc) is 2.26. The molecule has 4 heteroatoms. The van der Waals surface area contributed by atoms with Gasteiger partial charge in [0, 0.05) is 12.0 Å². The molecule has 0 N–H and O–H groups in total. The molecule has 0 fully saturated rings. The highest BCUT2D eigenvalue weighted by Gasteiger charge is 2.08. The summed E-state index contributed by atoms with van der Waals surface area (Å²) in [5.74, 6) is -0.459. The van der Waals surface area contributed by atoms with Crippen LogP contribution in [0.4, 0.5) is 0 Å². The summed E-state index contributed by atoms with van der Waals surface area (Å²) in [4.78, 5) is 22.3. The van der Waals surface area contributed by atoms with Crippen molar-refractivity contribution in [1.29, 1.82) is 0 Å². The monoisotopic (exact) mass is 202 g/mol. The van der Waals surface area contributed by atoms with Crippen molar-refractivity contribution in [3.63, 3.8) is 0 Å². The number of rotatable bonds is 4. The minimum absolute atomic E-state index is 0.0830. The third-order valence-electron chi connectivity index (χ3n) is 2.02. The molecular formula is C11H11BO3. The molecule has 0 bridgehead atoms. The Labute approximate surface area is 89.8 Å². The Morgan fingerprint density at radius 3 is 2.33 bits per heavy atom. The lowest BCUT2D eigenvalue weighted by Crippen LogP contribution is -2.08. The zero-order valence-electron chi connectivity index (χ0n) is 8.53. The van der Waals surface area contributed by atoms with E-state index in [2.05, 4.69) is 4.74 Å². The Morgan fingerprint density at radius 2 is 1.80 bits per heavy atom. The lowest BCUT2D eigenvalue weighted by Gasteiger charge is -2.01. The van der Waals surface area contributed by atoms with Gasteiger partial charge in [0.05, 0.1) is 13.5 Å². The van der Waals surface area contributed by atoms with Crippen molar-refractivity contribution in [3.8, 4) is 0 Å². The van der Waals surface area contributed by atoms with Gasteiger partial charge in [-0.2, -0.15) is 0 Å². The fraction of sp³-hybridized carbons (Fsp3) is 0.273. The van der Waals surface area contributed by atoms with Crippen LogP contribution in [-0.2, 0) is 9.53 Å². The van der Waals surface area contributed by atoms with Gasteiger partial charge >= 0.3 is 5.97 Å². The Balaban J connectivity index is 2.54. The van der Waals surface area contributed by atoms with Crippen molar-refractivity contribution in [2.24, 2.45) is 0 Å². The minimum atomic E-state index is -0.376. The Bertz CT molecular complexity index is 357. The lowest BCUT2D eigenvalue weighted by molar-refractivity contribution is -0.140. The molecular weight excluding hydrogens is 191 g/mol. The largest absolute Gasteiger partial charge is 0.469 e. The fourth-order valence-electron chi connectivity index (χ4n) is 1.13. The summed E-state index contributed by atoms with van der Waals surface area (Å²) < 4.78 is 4.44. The van der Waals surface area contributed by atoms with Crippen molar-refractivity contribution < 1.29 is 14.3 Å². The predicted octanol–water partition coefficient (Wildman–Crippen LogP) is 0.616. The fourth-order valence-corrected chi connectivity index (χ4v) is 1.13. The van der Waals surface area contributed by atoms with Crippen LogP contribution in [0.2, 0.25) is 0 Å². The van der Waals surface area contributed by atoms with Crippen LogP contribution in [-0.4, -0.2) is 26.7 Å². The van der Waals surface area contributed by atoms with Crippen molar-refractivity contribution in [1.82, 2.24) is 0 Å². The number of carbonyl (C=O) groups is 2. The van der Waals surface area contributed by atoms with Crippen molar-refractivity contribution >= 4 is 25.1 Å². The van der Waals surface area contributed by atoms with E-state index in [4.69, 9.17) is 7.85 Å². The summed E-state index contributed by atoms with van der Waals surface area (Å²) in [5.41, 5.74) is 1.17. The summed E-state index contributed by atoms with van der Waals surface area (Å²) >= 11 is 0. The second-order valence-electron chi connectivity index (χ2n) is 3.12. The molecule has 0 aliphatic heterocycles. The van der Waals surface area contributed by atoms with Crippen LogP contribution in [0.5, 0.6) is 0 Å². The van der Waals surface area contributed by atoms with E-state index in [0.717, 1.165) is 0 Å². The summed E-state index contributed by atoms with van der Waals surface area (Å²) in [6.07, 6.45) is 0.274. The van der Waals surface area contributed by atoms with E-state index in [1.807, 2.05) is 0 Å². The number of ether oxygens (including phenoxy) is 1. The molecule has 0 aromatic heterocycles. The van der Waals surface area contributed by atoms with E-state index in [1.54, 1.807) is 24.3 Å². The first-order valence-corrected chi connectivity index (χ1v) is 4.59. The number of ketones is 1. The van der Waals surface area contributed by atoms with Crippen LogP contribution < -0.4 is 5.46 Å². The van der Waals surface area contributed by atoms with Crippen molar-refractivity contribution in [2.45, 2.75) is 12.8 Å². The summed E-state index contributed by atoms with van der Waals surface area (Å²) in [6, 6.07) is 6.61. The van der Waals surface area contributed by atoms with Gasteiger partial charge in [0.25, 0.3) is 0 Å². The molecule has 0 unspecified atom stereocenters. The van der Waals surface area contributed by atoms with E-state index in [1.165, 1.54) is 7.11 Å². The van der Waals surface area contributed by atoms with Gasteiger partial charge in [-0.25, -0.2) is 0 Å². The SMILES string of the molecule is [B]c1ccc(C(=O)CCC(=O)OC)cc1.